The highest BCUT2D eigenvalue weighted by Crippen LogP contribution is 2.49. The fourth-order valence-corrected chi connectivity index (χ4v) is 4.71. The third-order valence-corrected chi connectivity index (χ3v) is 6.00. The summed E-state index contributed by atoms with van der Waals surface area (Å²) in [7, 11) is 1.54. The fraction of sp³-hybridized carbons (Fsp3) is 0.632. The Morgan fingerprint density at radius 2 is 2.24 bits per heavy atom. The second-order valence-corrected chi connectivity index (χ2v) is 7.68. The molecule has 25 heavy (non-hydrogen) atoms. The molecule has 0 bridgehead atoms. The highest BCUT2D eigenvalue weighted by molar-refractivity contribution is 5.82. The van der Waals surface area contributed by atoms with Gasteiger partial charge in [0.05, 0.1) is 25.8 Å². The van der Waals surface area contributed by atoms with Crippen molar-refractivity contribution in [3.8, 4) is 11.5 Å². The van der Waals surface area contributed by atoms with E-state index in [-0.39, 0.29) is 23.7 Å². The van der Waals surface area contributed by atoms with E-state index in [2.05, 4.69) is 18.7 Å². The maximum absolute atomic E-state index is 12.7. The van der Waals surface area contributed by atoms with E-state index in [1.807, 2.05) is 11.0 Å². The van der Waals surface area contributed by atoms with Crippen LogP contribution in [0.5, 0.6) is 11.5 Å². The Morgan fingerprint density at radius 1 is 1.44 bits per heavy atom. The first-order chi connectivity index (χ1) is 12.0. The highest BCUT2D eigenvalue weighted by atomic mass is 16.5. The number of carbonyl (C=O) groups is 1. The summed E-state index contributed by atoms with van der Waals surface area (Å²) in [6.07, 6.45) is 1.38. The van der Waals surface area contributed by atoms with Gasteiger partial charge in [-0.25, -0.2) is 0 Å². The minimum Gasteiger partial charge on any atom is -0.504 e. The number of rotatable bonds is 4. The predicted molar refractivity (Wildman–Crippen MR) is 92.2 cm³/mol. The van der Waals surface area contributed by atoms with Crippen molar-refractivity contribution in [2.75, 3.05) is 20.3 Å². The van der Waals surface area contributed by atoms with Crippen LogP contribution in [0.2, 0.25) is 0 Å². The second-order valence-electron chi connectivity index (χ2n) is 7.68. The molecule has 1 amide bonds. The van der Waals surface area contributed by atoms with Crippen LogP contribution < -0.4 is 4.74 Å². The molecule has 3 aliphatic rings. The molecule has 6 heteroatoms. The Bertz CT molecular complexity index is 692. The van der Waals surface area contributed by atoms with Crippen LogP contribution in [0, 0.1) is 5.92 Å². The molecule has 0 radical (unpaired) electrons. The smallest absolute Gasteiger partial charge is 0.226 e. The predicted octanol–water partition coefficient (Wildman–Crippen LogP) is 1.96. The van der Waals surface area contributed by atoms with E-state index < -0.39 is 5.72 Å². The van der Waals surface area contributed by atoms with Crippen molar-refractivity contribution in [1.29, 1.82) is 0 Å². The van der Waals surface area contributed by atoms with Gasteiger partial charge in [0.1, 0.15) is 0 Å². The first-order valence-electron chi connectivity index (χ1n) is 9.02. The number of phenolic OH excluding ortho intramolecular Hbond substituents is 1. The van der Waals surface area contributed by atoms with Gasteiger partial charge in [-0.15, -0.1) is 0 Å². The van der Waals surface area contributed by atoms with Crippen molar-refractivity contribution in [1.82, 2.24) is 9.80 Å². The van der Waals surface area contributed by atoms with Gasteiger partial charge in [-0.1, -0.05) is 19.9 Å². The lowest BCUT2D eigenvalue weighted by Gasteiger charge is -2.34. The molecule has 4 rings (SSSR count). The summed E-state index contributed by atoms with van der Waals surface area (Å²) >= 11 is 0. The van der Waals surface area contributed by atoms with Crippen molar-refractivity contribution in [2.24, 2.45) is 5.92 Å². The number of amides is 1. The average molecular weight is 346 g/mol. The van der Waals surface area contributed by atoms with Gasteiger partial charge in [0, 0.05) is 25.9 Å². The standard InChI is InChI=1S/C19H26N2O4/c1-12(2)14-11-25-19-6-7-20(17(19)9-18(23)21(14)19)10-13-4-5-16(24-3)15(22)8-13/h4-5,8,12,14,17,22H,6-7,9-11H2,1-3H3/t14-,17+,19-/m0/s1. The first-order valence-corrected chi connectivity index (χ1v) is 9.02. The SMILES string of the molecule is COc1ccc(CN2CC[C@@]34OC[C@@H](C(C)C)N3C(=O)C[C@@H]24)cc1O. The normalized spacial score (nSPS) is 31.7. The van der Waals surface area contributed by atoms with Crippen molar-refractivity contribution < 1.29 is 19.4 Å². The zero-order valence-corrected chi connectivity index (χ0v) is 15.1. The molecule has 0 aliphatic carbocycles. The largest absolute Gasteiger partial charge is 0.504 e. The van der Waals surface area contributed by atoms with Crippen LogP contribution in [0.25, 0.3) is 0 Å². The number of benzene rings is 1. The van der Waals surface area contributed by atoms with Gasteiger partial charge in [0.25, 0.3) is 0 Å². The van der Waals surface area contributed by atoms with Crippen LogP contribution in [-0.2, 0) is 16.1 Å². The van der Waals surface area contributed by atoms with E-state index in [4.69, 9.17) is 9.47 Å². The Balaban J connectivity index is 1.55. The lowest BCUT2D eigenvalue weighted by atomic mass is 10.0. The summed E-state index contributed by atoms with van der Waals surface area (Å²) in [6.45, 7) is 6.53. The number of hydrogen-bond donors (Lipinski definition) is 1. The third-order valence-electron chi connectivity index (χ3n) is 6.00. The van der Waals surface area contributed by atoms with Gasteiger partial charge in [-0.2, -0.15) is 0 Å². The number of hydrogen-bond acceptors (Lipinski definition) is 5. The number of ether oxygens (including phenoxy) is 2. The van der Waals surface area contributed by atoms with Crippen molar-refractivity contribution in [2.45, 2.75) is 51.0 Å². The number of phenols is 1. The maximum Gasteiger partial charge on any atom is 0.226 e. The van der Waals surface area contributed by atoms with Crippen LogP contribution in [-0.4, -0.2) is 58.9 Å². The molecule has 1 aromatic rings. The summed E-state index contributed by atoms with van der Waals surface area (Å²) in [6, 6.07) is 5.76. The highest BCUT2D eigenvalue weighted by Gasteiger charge is 2.64. The molecule has 3 atom stereocenters. The molecule has 3 heterocycles. The van der Waals surface area contributed by atoms with E-state index in [0.717, 1.165) is 18.5 Å². The van der Waals surface area contributed by atoms with Gasteiger partial charge in [0.15, 0.2) is 17.2 Å². The topological polar surface area (TPSA) is 62.2 Å². The Labute approximate surface area is 148 Å². The lowest BCUT2D eigenvalue weighted by molar-refractivity contribution is -0.139. The second kappa shape index (κ2) is 5.88. The van der Waals surface area contributed by atoms with Crippen LogP contribution in [0.4, 0.5) is 0 Å². The molecular formula is C19H26N2O4. The molecular weight excluding hydrogens is 320 g/mol. The van der Waals surface area contributed by atoms with E-state index >= 15 is 0 Å². The molecule has 0 aromatic heterocycles. The van der Waals surface area contributed by atoms with Gasteiger partial charge >= 0.3 is 0 Å². The van der Waals surface area contributed by atoms with E-state index in [0.29, 0.717) is 31.2 Å². The summed E-state index contributed by atoms with van der Waals surface area (Å²) in [4.78, 5) is 17.0. The summed E-state index contributed by atoms with van der Waals surface area (Å²) in [5.74, 6) is 1.23. The van der Waals surface area contributed by atoms with Gasteiger partial charge in [-0.3, -0.25) is 9.69 Å². The molecule has 1 N–H and O–H groups in total. The molecule has 3 fully saturated rings. The summed E-state index contributed by atoms with van der Waals surface area (Å²) < 4.78 is 11.4. The van der Waals surface area contributed by atoms with E-state index in [1.54, 1.807) is 19.2 Å². The average Bonchev–Trinajstić information content (AvgIpc) is 3.18. The Kier molecular flexibility index (Phi) is 3.92. The summed E-state index contributed by atoms with van der Waals surface area (Å²) in [5.41, 5.74) is 0.570. The Morgan fingerprint density at radius 3 is 2.92 bits per heavy atom. The molecule has 136 valence electrons. The van der Waals surface area contributed by atoms with Gasteiger partial charge < -0.3 is 19.5 Å². The molecule has 3 saturated heterocycles. The van der Waals surface area contributed by atoms with Crippen LogP contribution in [0.15, 0.2) is 18.2 Å². The van der Waals surface area contributed by atoms with Crippen LogP contribution in [0.1, 0.15) is 32.3 Å². The van der Waals surface area contributed by atoms with Gasteiger partial charge in [0.2, 0.25) is 5.91 Å². The van der Waals surface area contributed by atoms with E-state index in [1.165, 1.54) is 0 Å². The number of aromatic hydroxyl groups is 1. The zero-order valence-electron chi connectivity index (χ0n) is 15.1. The zero-order chi connectivity index (χ0) is 17.8. The van der Waals surface area contributed by atoms with Crippen molar-refractivity contribution in [3.63, 3.8) is 0 Å². The van der Waals surface area contributed by atoms with Gasteiger partial charge in [-0.05, 0) is 23.6 Å². The molecule has 1 spiro atoms. The van der Waals surface area contributed by atoms with Crippen molar-refractivity contribution >= 4 is 5.91 Å². The lowest BCUT2D eigenvalue weighted by Crippen LogP contribution is -2.50. The maximum atomic E-state index is 12.7. The molecule has 3 aliphatic heterocycles. The molecule has 1 aromatic carbocycles. The number of nitrogens with zero attached hydrogens (tertiary/aromatic N) is 2. The number of likely N-dealkylation sites (tertiary alicyclic amines) is 1. The van der Waals surface area contributed by atoms with E-state index in [9.17, 15) is 9.90 Å². The van der Waals surface area contributed by atoms with Crippen molar-refractivity contribution in [3.05, 3.63) is 23.8 Å². The third kappa shape index (κ3) is 2.42. The number of methoxy groups -OCH3 is 1. The quantitative estimate of drug-likeness (QED) is 0.903. The van der Waals surface area contributed by atoms with Crippen LogP contribution in [0.3, 0.4) is 0 Å². The molecule has 0 unspecified atom stereocenters. The Hall–Kier alpha value is -1.79. The minimum absolute atomic E-state index is 0.0907. The molecule has 0 saturated carbocycles. The monoisotopic (exact) mass is 346 g/mol. The fourth-order valence-electron chi connectivity index (χ4n) is 4.71. The summed E-state index contributed by atoms with van der Waals surface area (Å²) in [5, 5.41) is 10.0. The van der Waals surface area contributed by atoms with Crippen LogP contribution >= 0.6 is 0 Å². The minimum atomic E-state index is -0.444. The number of carbonyl (C=O) groups excluding carboxylic acids is 1. The first kappa shape index (κ1) is 16.7. The molecule has 6 nitrogen and oxygen atoms in total.